The van der Waals surface area contributed by atoms with Crippen molar-refractivity contribution >= 4 is 5.91 Å². The Morgan fingerprint density at radius 1 is 1.12 bits per heavy atom. The van der Waals surface area contributed by atoms with E-state index in [1.165, 1.54) is 25.9 Å². The Hall–Kier alpha value is -1.59. The van der Waals surface area contributed by atoms with Gasteiger partial charge in [0.05, 0.1) is 12.7 Å². The van der Waals surface area contributed by atoms with Crippen LogP contribution in [0.1, 0.15) is 35.2 Å². The molecule has 0 aromatic heterocycles. The van der Waals surface area contributed by atoms with Crippen molar-refractivity contribution in [2.75, 3.05) is 45.9 Å². The molecule has 0 saturated carbocycles. The van der Waals surface area contributed by atoms with Crippen molar-refractivity contribution in [2.45, 2.75) is 31.8 Å². The lowest BCUT2D eigenvalue weighted by atomic mass is 10.1. The summed E-state index contributed by atoms with van der Waals surface area (Å²) in [6.45, 7) is 6.23. The molecule has 0 N–H and O–H groups in total. The molecule has 1 amide bonds. The molecule has 24 heavy (non-hydrogen) atoms. The van der Waals surface area contributed by atoms with Crippen LogP contribution < -0.4 is 4.74 Å². The van der Waals surface area contributed by atoms with Crippen LogP contribution in [-0.2, 0) is 11.2 Å². The van der Waals surface area contributed by atoms with Gasteiger partial charge in [0.25, 0.3) is 5.91 Å². The third kappa shape index (κ3) is 3.42. The zero-order valence-electron chi connectivity index (χ0n) is 14.2. The van der Waals surface area contributed by atoms with Gasteiger partial charge in [0.15, 0.2) is 0 Å². The van der Waals surface area contributed by atoms with E-state index in [-0.39, 0.29) is 12.0 Å². The van der Waals surface area contributed by atoms with Gasteiger partial charge < -0.3 is 19.3 Å². The fourth-order valence-electron chi connectivity index (χ4n) is 3.95. The second kappa shape index (κ2) is 7.11. The fraction of sp³-hybridized carbons (Fsp3) is 0.632. The van der Waals surface area contributed by atoms with Crippen molar-refractivity contribution in [1.29, 1.82) is 0 Å². The Balaban J connectivity index is 1.44. The minimum atomic E-state index is 0.127. The van der Waals surface area contributed by atoms with Crippen LogP contribution in [-0.4, -0.2) is 67.7 Å². The Kier molecular flexibility index (Phi) is 4.72. The predicted octanol–water partition coefficient (Wildman–Crippen LogP) is 1.95. The monoisotopic (exact) mass is 330 g/mol. The molecule has 4 rings (SSSR count). The molecule has 0 aliphatic carbocycles. The van der Waals surface area contributed by atoms with E-state index in [0.717, 1.165) is 56.0 Å². The van der Waals surface area contributed by atoms with Gasteiger partial charge in [-0.3, -0.25) is 4.79 Å². The number of likely N-dealkylation sites (tertiary alicyclic amines) is 1. The highest BCUT2D eigenvalue weighted by molar-refractivity contribution is 5.94. The molecule has 5 heteroatoms. The first-order valence-electron chi connectivity index (χ1n) is 9.18. The lowest BCUT2D eigenvalue weighted by Crippen LogP contribution is -2.41. The molecule has 3 aliphatic rings. The number of nitrogens with zero attached hydrogens (tertiary/aromatic N) is 2. The summed E-state index contributed by atoms with van der Waals surface area (Å²) in [5, 5.41) is 0. The number of ether oxygens (including phenoxy) is 2. The molecule has 0 bridgehead atoms. The highest BCUT2D eigenvalue weighted by atomic mass is 16.5. The van der Waals surface area contributed by atoms with Gasteiger partial charge in [-0.25, -0.2) is 0 Å². The van der Waals surface area contributed by atoms with E-state index in [4.69, 9.17) is 9.47 Å². The number of hydrogen-bond acceptors (Lipinski definition) is 4. The third-order valence-electron chi connectivity index (χ3n) is 5.23. The van der Waals surface area contributed by atoms with Crippen molar-refractivity contribution < 1.29 is 14.3 Å². The molecule has 1 unspecified atom stereocenters. The third-order valence-corrected chi connectivity index (χ3v) is 5.23. The minimum absolute atomic E-state index is 0.127. The summed E-state index contributed by atoms with van der Waals surface area (Å²) in [7, 11) is 0. The number of carbonyl (C=O) groups excluding carboxylic acids is 1. The summed E-state index contributed by atoms with van der Waals surface area (Å²) >= 11 is 0. The number of benzene rings is 1. The summed E-state index contributed by atoms with van der Waals surface area (Å²) in [6, 6.07) is 5.84. The predicted molar refractivity (Wildman–Crippen MR) is 91.6 cm³/mol. The summed E-state index contributed by atoms with van der Waals surface area (Å²) in [6.07, 6.45) is 4.51. The summed E-state index contributed by atoms with van der Waals surface area (Å²) in [4.78, 5) is 17.4. The van der Waals surface area contributed by atoms with Gasteiger partial charge in [0, 0.05) is 38.2 Å². The molecule has 1 atom stereocenters. The summed E-state index contributed by atoms with van der Waals surface area (Å²) < 4.78 is 11.5. The molecule has 5 nitrogen and oxygen atoms in total. The zero-order chi connectivity index (χ0) is 16.4. The summed E-state index contributed by atoms with van der Waals surface area (Å²) in [5.41, 5.74) is 1.93. The van der Waals surface area contributed by atoms with Crippen LogP contribution in [0.4, 0.5) is 0 Å². The van der Waals surface area contributed by atoms with Gasteiger partial charge in [-0.2, -0.15) is 0 Å². The number of rotatable bonds is 3. The first-order chi connectivity index (χ1) is 11.8. The number of hydrogen-bond donors (Lipinski definition) is 0. The van der Waals surface area contributed by atoms with E-state index < -0.39 is 0 Å². The first-order valence-corrected chi connectivity index (χ1v) is 9.18. The van der Waals surface area contributed by atoms with Gasteiger partial charge >= 0.3 is 0 Å². The van der Waals surface area contributed by atoms with E-state index >= 15 is 0 Å². The van der Waals surface area contributed by atoms with E-state index in [1.54, 1.807) is 0 Å². The number of fused-ring (bicyclic) bond motifs is 1. The van der Waals surface area contributed by atoms with Crippen molar-refractivity contribution in [1.82, 2.24) is 9.80 Å². The van der Waals surface area contributed by atoms with Crippen LogP contribution in [0.15, 0.2) is 18.2 Å². The standard InChI is InChI=1S/C19H26N2O3/c22-19(16-4-5-18-15(12-16)6-11-24-18)21-9-3-10-23-17(14-21)13-20-7-1-2-8-20/h4-5,12,17H,1-3,6-11,13-14H2. The number of carbonyl (C=O) groups is 1. The average molecular weight is 330 g/mol. The van der Waals surface area contributed by atoms with Gasteiger partial charge in [0.1, 0.15) is 5.75 Å². The molecule has 2 fully saturated rings. The molecule has 1 aromatic rings. The molecule has 0 radical (unpaired) electrons. The molecule has 130 valence electrons. The van der Waals surface area contributed by atoms with Crippen LogP contribution in [0.25, 0.3) is 0 Å². The van der Waals surface area contributed by atoms with E-state index in [2.05, 4.69) is 4.90 Å². The zero-order valence-corrected chi connectivity index (χ0v) is 14.2. The van der Waals surface area contributed by atoms with Gasteiger partial charge in [0.2, 0.25) is 0 Å². The van der Waals surface area contributed by atoms with Crippen molar-refractivity contribution in [3.05, 3.63) is 29.3 Å². The molecular formula is C19H26N2O3. The van der Waals surface area contributed by atoms with Crippen molar-refractivity contribution in [3.63, 3.8) is 0 Å². The fourth-order valence-corrected chi connectivity index (χ4v) is 3.95. The highest BCUT2D eigenvalue weighted by Crippen LogP contribution is 2.26. The maximum Gasteiger partial charge on any atom is 0.253 e. The average Bonchev–Trinajstić information content (AvgIpc) is 3.22. The molecule has 1 aromatic carbocycles. The SMILES string of the molecule is O=C(c1ccc2c(c1)CCO2)N1CCCOC(CN2CCCC2)C1. The van der Waals surface area contributed by atoms with Gasteiger partial charge in [-0.05, 0) is 56.1 Å². The topological polar surface area (TPSA) is 42.0 Å². The van der Waals surface area contributed by atoms with Crippen LogP contribution in [0, 0.1) is 0 Å². The molecule has 0 spiro atoms. The summed E-state index contributed by atoms with van der Waals surface area (Å²) in [5.74, 6) is 1.05. The number of amides is 1. The maximum atomic E-state index is 13.0. The molecular weight excluding hydrogens is 304 g/mol. The van der Waals surface area contributed by atoms with Gasteiger partial charge in [-0.1, -0.05) is 0 Å². The highest BCUT2D eigenvalue weighted by Gasteiger charge is 2.26. The smallest absolute Gasteiger partial charge is 0.253 e. The van der Waals surface area contributed by atoms with Crippen LogP contribution in [0.2, 0.25) is 0 Å². The Bertz CT molecular complexity index is 598. The molecule has 3 aliphatic heterocycles. The lowest BCUT2D eigenvalue weighted by molar-refractivity contribution is 0.0297. The minimum Gasteiger partial charge on any atom is -0.493 e. The van der Waals surface area contributed by atoms with Gasteiger partial charge in [-0.15, -0.1) is 0 Å². The maximum absolute atomic E-state index is 13.0. The van der Waals surface area contributed by atoms with Crippen LogP contribution in [0.5, 0.6) is 5.75 Å². The van der Waals surface area contributed by atoms with Crippen molar-refractivity contribution in [2.24, 2.45) is 0 Å². The quantitative estimate of drug-likeness (QED) is 0.849. The van der Waals surface area contributed by atoms with Crippen molar-refractivity contribution in [3.8, 4) is 5.75 Å². The Morgan fingerprint density at radius 3 is 2.88 bits per heavy atom. The van der Waals surface area contributed by atoms with E-state index in [9.17, 15) is 4.79 Å². The van der Waals surface area contributed by atoms with Crippen LogP contribution >= 0.6 is 0 Å². The largest absolute Gasteiger partial charge is 0.493 e. The first kappa shape index (κ1) is 15.9. The molecule has 3 heterocycles. The van der Waals surface area contributed by atoms with Crippen LogP contribution in [0.3, 0.4) is 0 Å². The van der Waals surface area contributed by atoms with E-state index in [1.807, 2.05) is 23.1 Å². The second-order valence-corrected chi connectivity index (χ2v) is 7.03. The lowest BCUT2D eigenvalue weighted by Gasteiger charge is -2.27. The van der Waals surface area contributed by atoms with E-state index in [0.29, 0.717) is 6.54 Å². The Labute approximate surface area is 143 Å². The normalized spacial score (nSPS) is 24.5. The Morgan fingerprint density at radius 2 is 2.00 bits per heavy atom. The second-order valence-electron chi connectivity index (χ2n) is 7.03. The molecule has 2 saturated heterocycles.